The van der Waals surface area contributed by atoms with Crippen LogP contribution in [0.1, 0.15) is 24.8 Å². The van der Waals surface area contributed by atoms with Crippen LogP contribution in [-0.2, 0) is 11.3 Å². The molecule has 4 heteroatoms. The second kappa shape index (κ2) is 7.19. The van der Waals surface area contributed by atoms with Gasteiger partial charge in [0.15, 0.2) is 0 Å². The molecule has 1 amide bonds. The Labute approximate surface area is 121 Å². The van der Waals surface area contributed by atoms with Gasteiger partial charge in [-0.15, -0.1) is 0 Å². The van der Waals surface area contributed by atoms with E-state index in [0.29, 0.717) is 18.9 Å². The van der Waals surface area contributed by atoms with E-state index in [1.165, 1.54) is 24.3 Å². The molecule has 0 spiro atoms. The van der Waals surface area contributed by atoms with Gasteiger partial charge in [0.25, 0.3) is 0 Å². The van der Waals surface area contributed by atoms with Gasteiger partial charge in [-0.25, -0.2) is 0 Å². The van der Waals surface area contributed by atoms with Crippen molar-refractivity contribution in [1.29, 1.82) is 0 Å². The van der Waals surface area contributed by atoms with Gasteiger partial charge in [-0.3, -0.25) is 4.79 Å². The van der Waals surface area contributed by atoms with E-state index < -0.39 is 0 Å². The van der Waals surface area contributed by atoms with E-state index in [4.69, 9.17) is 0 Å². The summed E-state index contributed by atoms with van der Waals surface area (Å²) in [6.07, 6.45) is 3.07. The molecule has 0 radical (unpaired) electrons. The Morgan fingerprint density at radius 3 is 2.61 bits per heavy atom. The van der Waals surface area contributed by atoms with Gasteiger partial charge in [-0.1, -0.05) is 28.1 Å². The molecule has 0 unspecified atom stereocenters. The first-order chi connectivity index (χ1) is 8.74. The normalized spacial score (nSPS) is 16.5. The smallest absolute Gasteiger partial charge is 0.220 e. The Bertz CT molecular complexity index is 387. The lowest BCUT2D eigenvalue weighted by atomic mass is 9.98. The van der Waals surface area contributed by atoms with Gasteiger partial charge in [0.2, 0.25) is 5.91 Å². The van der Waals surface area contributed by atoms with Crippen molar-refractivity contribution in [2.45, 2.75) is 25.8 Å². The van der Waals surface area contributed by atoms with Crippen molar-refractivity contribution in [1.82, 2.24) is 5.32 Å². The molecule has 0 aromatic heterocycles. The number of amides is 1. The van der Waals surface area contributed by atoms with E-state index in [9.17, 15) is 4.79 Å². The molecule has 2 rings (SSSR count). The molecule has 0 atom stereocenters. The third-order valence-electron chi connectivity index (χ3n) is 3.22. The molecule has 1 aromatic rings. The Morgan fingerprint density at radius 1 is 1.28 bits per heavy atom. The molecule has 1 aromatic carbocycles. The third-order valence-corrected chi connectivity index (χ3v) is 4.80. The number of hydrogen-bond acceptors (Lipinski definition) is 2. The zero-order valence-corrected chi connectivity index (χ0v) is 12.7. The van der Waals surface area contributed by atoms with Crippen LogP contribution in [0.5, 0.6) is 0 Å². The molecule has 0 aliphatic carbocycles. The predicted molar refractivity (Wildman–Crippen MR) is 80.7 cm³/mol. The van der Waals surface area contributed by atoms with Crippen LogP contribution in [0.4, 0.5) is 0 Å². The molecule has 0 bridgehead atoms. The Balaban J connectivity index is 1.72. The molecule has 1 aliphatic heterocycles. The van der Waals surface area contributed by atoms with Crippen molar-refractivity contribution in [3.63, 3.8) is 0 Å². The first-order valence-corrected chi connectivity index (χ1v) is 8.27. The van der Waals surface area contributed by atoms with E-state index in [1.807, 2.05) is 36.0 Å². The molecule has 1 aliphatic rings. The van der Waals surface area contributed by atoms with Gasteiger partial charge in [0, 0.05) is 17.4 Å². The van der Waals surface area contributed by atoms with E-state index >= 15 is 0 Å². The van der Waals surface area contributed by atoms with E-state index in [0.717, 1.165) is 10.0 Å². The number of carbonyl (C=O) groups excluding carboxylic acids is 1. The molecular formula is C14H18BrNOS. The van der Waals surface area contributed by atoms with Crippen LogP contribution < -0.4 is 5.32 Å². The number of carbonyl (C=O) groups is 1. The first-order valence-electron chi connectivity index (χ1n) is 6.33. The highest BCUT2D eigenvalue weighted by molar-refractivity contribution is 9.10. The van der Waals surface area contributed by atoms with Crippen LogP contribution >= 0.6 is 27.7 Å². The summed E-state index contributed by atoms with van der Waals surface area (Å²) in [6.45, 7) is 0.633. The summed E-state index contributed by atoms with van der Waals surface area (Å²) in [5.41, 5.74) is 1.14. The number of thioether (sulfide) groups is 1. The molecular weight excluding hydrogens is 310 g/mol. The minimum atomic E-state index is 0.190. The van der Waals surface area contributed by atoms with Crippen molar-refractivity contribution >= 4 is 33.6 Å². The van der Waals surface area contributed by atoms with Crippen molar-refractivity contribution in [3.8, 4) is 0 Å². The summed E-state index contributed by atoms with van der Waals surface area (Å²) in [4.78, 5) is 11.8. The Hall–Kier alpha value is -0.480. The molecule has 1 heterocycles. The summed E-state index contributed by atoms with van der Waals surface area (Å²) >= 11 is 5.40. The maximum Gasteiger partial charge on any atom is 0.220 e. The topological polar surface area (TPSA) is 29.1 Å². The van der Waals surface area contributed by atoms with E-state index in [2.05, 4.69) is 21.2 Å². The van der Waals surface area contributed by atoms with Crippen LogP contribution in [-0.4, -0.2) is 17.4 Å². The fourth-order valence-corrected chi connectivity index (χ4v) is 3.56. The maximum absolute atomic E-state index is 11.8. The van der Waals surface area contributed by atoms with Crippen molar-refractivity contribution in [3.05, 3.63) is 34.3 Å². The zero-order valence-electron chi connectivity index (χ0n) is 10.3. The summed E-state index contributed by atoms with van der Waals surface area (Å²) in [5, 5.41) is 3.00. The summed E-state index contributed by atoms with van der Waals surface area (Å²) in [6, 6.07) is 8.06. The zero-order chi connectivity index (χ0) is 12.8. The Kier molecular flexibility index (Phi) is 5.57. The van der Waals surface area contributed by atoms with Crippen molar-refractivity contribution < 1.29 is 4.79 Å². The molecule has 18 heavy (non-hydrogen) atoms. The Morgan fingerprint density at radius 2 is 1.94 bits per heavy atom. The van der Waals surface area contributed by atoms with Gasteiger partial charge in [0.05, 0.1) is 0 Å². The van der Waals surface area contributed by atoms with Crippen LogP contribution in [0, 0.1) is 5.92 Å². The second-order valence-electron chi connectivity index (χ2n) is 4.66. The van der Waals surface area contributed by atoms with Crippen molar-refractivity contribution in [2.75, 3.05) is 11.5 Å². The second-order valence-corrected chi connectivity index (χ2v) is 6.80. The number of halogens is 1. The maximum atomic E-state index is 11.8. The van der Waals surface area contributed by atoms with Gasteiger partial charge in [-0.2, -0.15) is 11.8 Å². The minimum absolute atomic E-state index is 0.190. The molecule has 1 saturated heterocycles. The lowest BCUT2D eigenvalue weighted by molar-refractivity contribution is -0.122. The summed E-state index contributed by atoms with van der Waals surface area (Å²) in [7, 11) is 0. The van der Waals surface area contributed by atoms with Crippen LogP contribution in [0.25, 0.3) is 0 Å². The average molecular weight is 328 g/mol. The van der Waals surface area contributed by atoms with Gasteiger partial charge in [0.1, 0.15) is 0 Å². The number of hydrogen-bond donors (Lipinski definition) is 1. The van der Waals surface area contributed by atoms with Crippen LogP contribution in [0.3, 0.4) is 0 Å². The quantitative estimate of drug-likeness (QED) is 0.915. The van der Waals surface area contributed by atoms with Gasteiger partial charge >= 0.3 is 0 Å². The van der Waals surface area contributed by atoms with Crippen LogP contribution in [0.15, 0.2) is 28.7 Å². The lowest BCUT2D eigenvalue weighted by Gasteiger charge is -2.20. The molecule has 1 N–H and O–H groups in total. The number of nitrogens with one attached hydrogen (secondary N) is 1. The van der Waals surface area contributed by atoms with Crippen LogP contribution in [0.2, 0.25) is 0 Å². The number of rotatable bonds is 4. The molecule has 1 fully saturated rings. The van der Waals surface area contributed by atoms with E-state index in [-0.39, 0.29) is 5.91 Å². The fourth-order valence-electron chi connectivity index (χ4n) is 2.09. The third kappa shape index (κ3) is 4.65. The average Bonchev–Trinajstić information content (AvgIpc) is 2.39. The highest BCUT2D eigenvalue weighted by atomic mass is 79.9. The standard InChI is InChI=1S/C14H18BrNOS/c15-13-3-1-12(2-4-13)10-16-14(17)9-11-5-7-18-8-6-11/h1-4,11H,5-10H2,(H,16,17). The lowest BCUT2D eigenvalue weighted by Crippen LogP contribution is -2.26. The summed E-state index contributed by atoms with van der Waals surface area (Å²) in [5.74, 6) is 3.21. The first kappa shape index (κ1) is 13.9. The highest BCUT2D eigenvalue weighted by Crippen LogP contribution is 2.25. The number of benzene rings is 1. The molecule has 2 nitrogen and oxygen atoms in total. The van der Waals surface area contributed by atoms with E-state index in [1.54, 1.807) is 0 Å². The predicted octanol–water partition coefficient (Wildman–Crippen LogP) is 3.60. The monoisotopic (exact) mass is 327 g/mol. The highest BCUT2D eigenvalue weighted by Gasteiger charge is 2.16. The fraction of sp³-hybridized carbons (Fsp3) is 0.500. The minimum Gasteiger partial charge on any atom is -0.352 e. The van der Waals surface area contributed by atoms with Crippen molar-refractivity contribution in [2.24, 2.45) is 5.92 Å². The SMILES string of the molecule is O=C(CC1CCSCC1)NCc1ccc(Br)cc1. The molecule has 98 valence electrons. The molecule has 0 saturated carbocycles. The summed E-state index contributed by atoms with van der Waals surface area (Å²) < 4.78 is 1.07. The largest absolute Gasteiger partial charge is 0.352 e. The van der Waals surface area contributed by atoms with Gasteiger partial charge in [-0.05, 0) is 48.0 Å². The van der Waals surface area contributed by atoms with Gasteiger partial charge < -0.3 is 5.32 Å².